The molecule has 1 aromatic carbocycles. The molecule has 3 rings (SSSR count). The van der Waals surface area contributed by atoms with Crippen LogP contribution in [-0.2, 0) is 17.1 Å². The minimum Gasteiger partial charge on any atom is -0.467 e. The summed E-state index contributed by atoms with van der Waals surface area (Å²) in [7, 11) is 0. The molecule has 1 aromatic heterocycles. The van der Waals surface area contributed by atoms with Gasteiger partial charge in [-0.05, 0) is 32.0 Å². The van der Waals surface area contributed by atoms with E-state index in [1.165, 1.54) is 0 Å². The second-order valence-electron chi connectivity index (χ2n) is 5.00. The van der Waals surface area contributed by atoms with Crippen molar-refractivity contribution in [1.29, 1.82) is 0 Å². The first-order valence-electron chi connectivity index (χ1n) is 6.69. The molecule has 1 aliphatic rings. The number of hydrogen-bond donors (Lipinski definition) is 1. The van der Waals surface area contributed by atoms with E-state index in [9.17, 15) is 0 Å². The van der Waals surface area contributed by atoms with E-state index in [0.717, 1.165) is 44.9 Å². The molecule has 0 amide bonds. The summed E-state index contributed by atoms with van der Waals surface area (Å²) >= 11 is 1.58. The summed E-state index contributed by atoms with van der Waals surface area (Å²) in [4.78, 5) is 8.88. The standard InChI is InChI=1S/C15H17N3O2S/c1-9-3-10(2)18-15(17-9)21-7-12-5-13(16)4-11-6-19-8-20-14(11)12/h3-5H,6-8,16H2,1-2H3. The molecule has 0 atom stereocenters. The second kappa shape index (κ2) is 5.91. The number of nitrogens with two attached hydrogens (primary N) is 1. The monoisotopic (exact) mass is 303 g/mol. The zero-order valence-corrected chi connectivity index (χ0v) is 12.9. The van der Waals surface area contributed by atoms with Crippen molar-refractivity contribution in [3.05, 3.63) is 40.7 Å². The molecule has 0 saturated carbocycles. The van der Waals surface area contributed by atoms with Crippen molar-refractivity contribution >= 4 is 17.4 Å². The van der Waals surface area contributed by atoms with Crippen LogP contribution in [0.15, 0.2) is 23.4 Å². The second-order valence-corrected chi connectivity index (χ2v) is 5.94. The molecule has 0 fully saturated rings. The molecule has 6 heteroatoms. The Hall–Kier alpha value is -1.79. The molecule has 2 N–H and O–H groups in total. The van der Waals surface area contributed by atoms with Crippen LogP contribution in [0.3, 0.4) is 0 Å². The van der Waals surface area contributed by atoms with Crippen molar-refractivity contribution in [2.45, 2.75) is 31.4 Å². The van der Waals surface area contributed by atoms with Gasteiger partial charge in [0.15, 0.2) is 11.9 Å². The van der Waals surface area contributed by atoms with E-state index in [4.69, 9.17) is 15.2 Å². The highest BCUT2D eigenvalue weighted by molar-refractivity contribution is 7.98. The smallest absolute Gasteiger partial charge is 0.189 e. The Morgan fingerprint density at radius 2 is 1.95 bits per heavy atom. The Bertz CT molecular complexity index is 656. The summed E-state index contributed by atoms with van der Waals surface area (Å²) in [6, 6.07) is 5.81. The van der Waals surface area contributed by atoms with Gasteiger partial charge in [-0.2, -0.15) is 0 Å². The molecule has 5 nitrogen and oxygen atoms in total. The lowest BCUT2D eigenvalue weighted by Gasteiger charge is -2.21. The minimum absolute atomic E-state index is 0.286. The van der Waals surface area contributed by atoms with Crippen LogP contribution in [0.5, 0.6) is 5.75 Å². The van der Waals surface area contributed by atoms with Crippen molar-refractivity contribution in [1.82, 2.24) is 9.97 Å². The maximum atomic E-state index is 5.95. The van der Waals surface area contributed by atoms with E-state index in [1.807, 2.05) is 32.0 Å². The Labute approximate surface area is 127 Å². The fourth-order valence-corrected chi connectivity index (χ4v) is 3.25. The van der Waals surface area contributed by atoms with E-state index >= 15 is 0 Å². The fourth-order valence-electron chi connectivity index (χ4n) is 2.33. The summed E-state index contributed by atoms with van der Waals surface area (Å²) in [5, 5.41) is 0.774. The van der Waals surface area contributed by atoms with Gasteiger partial charge in [0.25, 0.3) is 0 Å². The van der Waals surface area contributed by atoms with Crippen molar-refractivity contribution in [2.75, 3.05) is 12.5 Å². The summed E-state index contributed by atoms with van der Waals surface area (Å²) in [5.41, 5.74) is 10.7. The van der Waals surface area contributed by atoms with E-state index in [-0.39, 0.29) is 6.79 Å². The zero-order chi connectivity index (χ0) is 14.8. The predicted octanol–water partition coefficient (Wildman–Crippen LogP) is 2.83. The number of benzene rings is 1. The first-order valence-corrected chi connectivity index (χ1v) is 7.67. The Balaban J connectivity index is 1.83. The maximum Gasteiger partial charge on any atom is 0.189 e. The third-order valence-corrected chi connectivity index (χ3v) is 4.02. The lowest BCUT2D eigenvalue weighted by atomic mass is 10.1. The first kappa shape index (κ1) is 14.2. The van der Waals surface area contributed by atoms with Gasteiger partial charge in [0, 0.05) is 34.0 Å². The molecule has 21 heavy (non-hydrogen) atoms. The molecule has 0 aliphatic carbocycles. The number of aryl methyl sites for hydroxylation is 2. The molecule has 2 aromatic rings. The van der Waals surface area contributed by atoms with Crippen LogP contribution < -0.4 is 10.5 Å². The molecule has 0 radical (unpaired) electrons. The molecule has 2 heterocycles. The largest absolute Gasteiger partial charge is 0.467 e. The lowest BCUT2D eigenvalue weighted by Crippen LogP contribution is -2.13. The van der Waals surface area contributed by atoms with Crippen LogP contribution in [0, 0.1) is 13.8 Å². The molecule has 0 unspecified atom stereocenters. The van der Waals surface area contributed by atoms with Gasteiger partial charge >= 0.3 is 0 Å². The zero-order valence-electron chi connectivity index (χ0n) is 12.0. The fraction of sp³-hybridized carbons (Fsp3) is 0.333. The van der Waals surface area contributed by atoms with Gasteiger partial charge in [-0.1, -0.05) is 11.8 Å². The van der Waals surface area contributed by atoms with Crippen LogP contribution in [0.2, 0.25) is 0 Å². The van der Waals surface area contributed by atoms with Crippen LogP contribution in [0.1, 0.15) is 22.5 Å². The lowest BCUT2D eigenvalue weighted by molar-refractivity contribution is -0.0168. The number of thioether (sulfide) groups is 1. The number of nitrogens with zero attached hydrogens (tertiary/aromatic N) is 2. The van der Waals surface area contributed by atoms with Gasteiger partial charge in [-0.15, -0.1) is 0 Å². The molecule has 0 saturated heterocycles. The van der Waals surface area contributed by atoms with Gasteiger partial charge in [-0.25, -0.2) is 9.97 Å². The number of anilines is 1. The quantitative estimate of drug-likeness (QED) is 0.534. The number of aromatic nitrogens is 2. The number of nitrogen functional groups attached to an aromatic ring is 1. The van der Waals surface area contributed by atoms with Crippen molar-refractivity contribution in [3.8, 4) is 5.75 Å². The average Bonchev–Trinajstić information content (AvgIpc) is 2.43. The van der Waals surface area contributed by atoms with Crippen molar-refractivity contribution in [3.63, 3.8) is 0 Å². The number of fused-ring (bicyclic) bond motifs is 1. The summed E-state index contributed by atoms with van der Waals surface area (Å²) in [5.74, 6) is 1.60. The molecular weight excluding hydrogens is 286 g/mol. The third kappa shape index (κ3) is 3.28. The van der Waals surface area contributed by atoms with Crippen LogP contribution in [0.4, 0.5) is 5.69 Å². The maximum absolute atomic E-state index is 5.95. The minimum atomic E-state index is 0.286. The highest BCUT2D eigenvalue weighted by Crippen LogP contribution is 2.34. The van der Waals surface area contributed by atoms with Crippen molar-refractivity contribution < 1.29 is 9.47 Å². The molecule has 0 spiro atoms. The third-order valence-electron chi connectivity index (χ3n) is 3.13. The number of rotatable bonds is 3. The topological polar surface area (TPSA) is 70.3 Å². The molecule has 0 bridgehead atoms. The van der Waals surface area contributed by atoms with Gasteiger partial charge in [0.05, 0.1) is 6.61 Å². The Kier molecular flexibility index (Phi) is 3.98. The van der Waals surface area contributed by atoms with Gasteiger partial charge in [-0.3, -0.25) is 0 Å². The van der Waals surface area contributed by atoms with E-state index in [0.29, 0.717) is 6.61 Å². The first-order chi connectivity index (χ1) is 10.1. The summed E-state index contributed by atoms with van der Waals surface area (Å²) in [6.07, 6.45) is 0. The van der Waals surface area contributed by atoms with Crippen LogP contribution >= 0.6 is 11.8 Å². The predicted molar refractivity (Wildman–Crippen MR) is 82.2 cm³/mol. The van der Waals surface area contributed by atoms with Crippen molar-refractivity contribution in [2.24, 2.45) is 0 Å². The summed E-state index contributed by atoms with van der Waals surface area (Å²) in [6.45, 7) is 4.77. The number of ether oxygens (including phenoxy) is 2. The SMILES string of the molecule is Cc1cc(C)nc(SCc2cc(N)cc3c2OCOC3)n1. The highest BCUT2D eigenvalue weighted by atomic mass is 32.2. The summed E-state index contributed by atoms with van der Waals surface area (Å²) < 4.78 is 10.9. The molecule has 110 valence electrons. The molecule has 1 aliphatic heterocycles. The van der Waals surface area contributed by atoms with Crippen LogP contribution in [-0.4, -0.2) is 16.8 Å². The van der Waals surface area contributed by atoms with Crippen LogP contribution in [0.25, 0.3) is 0 Å². The molecular formula is C15H17N3O2S. The van der Waals surface area contributed by atoms with Gasteiger partial charge < -0.3 is 15.2 Å². The van der Waals surface area contributed by atoms with Gasteiger partial charge in [0.1, 0.15) is 5.75 Å². The Morgan fingerprint density at radius 1 is 1.19 bits per heavy atom. The van der Waals surface area contributed by atoms with E-state index in [2.05, 4.69) is 9.97 Å². The highest BCUT2D eigenvalue weighted by Gasteiger charge is 2.16. The average molecular weight is 303 g/mol. The number of hydrogen-bond acceptors (Lipinski definition) is 6. The van der Waals surface area contributed by atoms with Gasteiger partial charge in [0.2, 0.25) is 0 Å². The van der Waals surface area contributed by atoms with E-state index in [1.54, 1.807) is 11.8 Å². The Morgan fingerprint density at radius 3 is 2.71 bits per heavy atom. The van der Waals surface area contributed by atoms with E-state index < -0.39 is 0 Å². The normalized spacial score (nSPS) is 13.6.